The minimum atomic E-state index is -1.82. The second kappa shape index (κ2) is 3.12. The van der Waals surface area contributed by atoms with Gasteiger partial charge in [0.1, 0.15) is 5.69 Å². The predicted octanol–water partition coefficient (Wildman–Crippen LogP) is 1.99. The van der Waals surface area contributed by atoms with E-state index in [1.807, 2.05) is 5.32 Å². The molecule has 0 fully saturated rings. The minimum Gasteiger partial charge on any atom is -0.503 e. The molecular weight excluding hydrogens is 190 g/mol. The zero-order valence-corrected chi connectivity index (χ0v) is 6.46. The van der Waals surface area contributed by atoms with E-state index >= 15 is 0 Å². The SMILES string of the molecule is CNc1c(F)c(F)c(O)c(F)c1F. The number of aromatic hydroxyl groups is 1. The fourth-order valence-corrected chi connectivity index (χ4v) is 0.840. The monoisotopic (exact) mass is 195 g/mol. The van der Waals surface area contributed by atoms with Crippen LogP contribution in [0.2, 0.25) is 0 Å². The predicted molar refractivity (Wildman–Crippen MR) is 37.5 cm³/mol. The molecule has 0 saturated heterocycles. The van der Waals surface area contributed by atoms with Gasteiger partial charge >= 0.3 is 0 Å². The van der Waals surface area contributed by atoms with Gasteiger partial charge in [-0.1, -0.05) is 0 Å². The highest BCUT2D eigenvalue weighted by Gasteiger charge is 2.24. The maximum atomic E-state index is 12.7. The molecule has 0 spiro atoms. The first-order valence-corrected chi connectivity index (χ1v) is 3.23. The van der Waals surface area contributed by atoms with Crippen LogP contribution in [0.3, 0.4) is 0 Å². The lowest BCUT2D eigenvalue weighted by atomic mass is 10.2. The van der Waals surface area contributed by atoms with Gasteiger partial charge in [0, 0.05) is 7.05 Å². The molecule has 0 unspecified atom stereocenters. The van der Waals surface area contributed by atoms with Crippen molar-refractivity contribution in [2.45, 2.75) is 0 Å². The Labute approximate surface area is 70.8 Å². The lowest BCUT2D eigenvalue weighted by Crippen LogP contribution is -2.03. The van der Waals surface area contributed by atoms with Crippen molar-refractivity contribution < 1.29 is 22.7 Å². The summed E-state index contributed by atoms with van der Waals surface area (Å²) in [5.41, 5.74) is -0.951. The van der Waals surface area contributed by atoms with Crippen LogP contribution in [-0.4, -0.2) is 12.2 Å². The van der Waals surface area contributed by atoms with Crippen molar-refractivity contribution in [2.24, 2.45) is 0 Å². The van der Waals surface area contributed by atoms with Gasteiger partial charge in [0.25, 0.3) is 0 Å². The number of halogens is 4. The molecular formula is C7H5F4NO. The van der Waals surface area contributed by atoms with Crippen LogP contribution in [0.25, 0.3) is 0 Å². The molecule has 0 saturated carbocycles. The van der Waals surface area contributed by atoms with Crippen molar-refractivity contribution >= 4 is 5.69 Å². The van der Waals surface area contributed by atoms with Crippen LogP contribution in [0.15, 0.2) is 0 Å². The minimum absolute atomic E-state index is 0.951. The van der Waals surface area contributed by atoms with Crippen molar-refractivity contribution in [1.29, 1.82) is 0 Å². The number of rotatable bonds is 1. The highest BCUT2D eigenvalue weighted by atomic mass is 19.2. The number of nitrogens with one attached hydrogen (secondary N) is 1. The summed E-state index contributed by atoms with van der Waals surface area (Å²) in [5.74, 6) is -8.60. The van der Waals surface area contributed by atoms with Crippen LogP contribution < -0.4 is 5.32 Å². The average molecular weight is 195 g/mol. The summed E-state index contributed by atoms with van der Waals surface area (Å²) in [6.45, 7) is 0. The van der Waals surface area contributed by atoms with Gasteiger partial charge in [-0.3, -0.25) is 0 Å². The smallest absolute Gasteiger partial charge is 0.205 e. The number of phenolic OH excluding ortho intramolecular Hbond substituents is 1. The second-order valence-corrected chi connectivity index (χ2v) is 2.23. The Morgan fingerprint density at radius 2 is 1.31 bits per heavy atom. The summed E-state index contributed by atoms with van der Waals surface area (Å²) in [5, 5.41) is 10.5. The van der Waals surface area contributed by atoms with Crippen LogP contribution >= 0.6 is 0 Å². The molecule has 0 aliphatic carbocycles. The Bertz CT molecular complexity index is 324. The maximum absolute atomic E-state index is 12.7. The molecule has 1 aromatic carbocycles. The quantitative estimate of drug-likeness (QED) is 0.408. The van der Waals surface area contributed by atoms with Gasteiger partial charge in [0.15, 0.2) is 17.4 Å². The lowest BCUT2D eigenvalue weighted by molar-refractivity contribution is 0.359. The Morgan fingerprint density at radius 1 is 0.923 bits per heavy atom. The molecule has 6 heteroatoms. The van der Waals surface area contributed by atoms with E-state index in [4.69, 9.17) is 5.11 Å². The molecule has 0 aliphatic rings. The molecule has 0 atom stereocenters. The van der Waals surface area contributed by atoms with Gasteiger partial charge in [-0.25, -0.2) is 8.78 Å². The number of hydrogen-bond donors (Lipinski definition) is 2. The van der Waals surface area contributed by atoms with Gasteiger partial charge in [-0.05, 0) is 0 Å². The van der Waals surface area contributed by atoms with Crippen LogP contribution in [0, 0.1) is 23.3 Å². The first-order valence-electron chi connectivity index (χ1n) is 3.23. The molecule has 13 heavy (non-hydrogen) atoms. The Balaban J connectivity index is 3.56. The number of anilines is 1. The summed E-state index contributed by atoms with van der Waals surface area (Å²) in [4.78, 5) is 0. The first-order chi connectivity index (χ1) is 6.00. The third kappa shape index (κ3) is 1.28. The topological polar surface area (TPSA) is 32.3 Å². The van der Waals surface area contributed by atoms with Gasteiger partial charge in [-0.2, -0.15) is 8.78 Å². The van der Waals surface area contributed by atoms with E-state index < -0.39 is 34.7 Å². The fourth-order valence-electron chi connectivity index (χ4n) is 0.840. The number of phenols is 1. The van der Waals surface area contributed by atoms with E-state index in [1.165, 1.54) is 0 Å². The van der Waals surface area contributed by atoms with Crippen LogP contribution in [-0.2, 0) is 0 Å². The van der Waals surface area contributed by atoms with E-state index in [0.717, 1.165) is 7.05 Å². The lowest BCUT2D eigenvalue weighted by Gasteiger charge is -2.07. The van der Waals surface area contributed by atoms with Gasteiger partial charge in [0.05, 0.1) is 0 Å². The van der Waals surface area contributed by atoms with Crippen LogP contribution in [0.5, 0.6) is 5.75 Å². The number of benzene rings is 1. The molecule has 72 valence electrons. The van der Waals surface area contributed by atoms with E-state index in [1.54, 1.807) is 0 Å². The van der Waals surface area contributed by atoms with Crippen molar-refractivity contribution in [1.82, 2.24) is 0 Å². The van der Waals surface area contributed by atoms with E-state index in [0.29, 0.717) is 0 Å². The highest BCUT2D eigenvalue weighted by Crippen LogP contribution is 2.31. The fraction of sp³-hybridized carbons (Fsp3) is 0.143. The molecule has 0 aromatic heterocycles. The Kier molecular flexibility index (Phi) is 2.31. The molecule has 0 heterocycles. The summed E-state index contributed by atoms with van der Waals surface area (Å²) >= 11 is 0. The highest BCUT2D eigenvalue weighted by molar-refractivity contribution is 5.50. The van der Waals surface area contributed by atoms with Crippen molar-refractivity contribution in [3.8, 4) is 5.75 Å². The van der Waals surface area contributed by atoms with Gasteiger partial charge in [0.2, 0.25) is 11.6 Å². The third-order valence-corrected chi connectivity index (χ3v) is 1.49. The van der Waals surface area contributed by atoms with E-state index in [2.05, 4.69) is 0 Å². The zero-order valence-electron chi connectivity index (χ0n) is 6.46. The maximum Gasteiger partial charge on any atom is 0.205 e. The summed E-state index contributed by atoms with van der Waals surface area (Å²) < 4.78 is 50.5. The molecule has 0 amide bonds. The number of hydrogen-bond acceptors (Lipinski definition) is 2. The standard InChI is InChI=1S/C7H5F4NO/c1-12-6-2(8)4(10)7(13)5(11)3(6)9/h12-13H,1H3. The van der Waals surface area contributed by atoms with Gasteiger partial charge < -0.3 is 10.4 Å². The van der Waals surface area contributed by atoms with Gasteiger partial charge in [-0.15, -0.1) is 0 Å². The van der Waals surface area contributed by atoms with E-state index in [-0.39, 0.29) is 0 Å². The molecule has 0 aliphatic heterocycles. The molecule has 0 bridgehead atoms. The van der Waals surface area contributed by atoms with E-state index in [9.17, 15) is 17.6 Å². The van der Waals surface area contributed by atoms with Crippen LogP contribution in [0.4, 0.5) is 23.2 Å². The van der Waals surface area contributed by atoms with Crippen molar-refractivity contribution in [3.63, 3.8) is 0 Å². The largest absolute Gasteiger partial charge is 0.503 e. The molecule has 1 rings (SSSR count). The van der Waals surface area contributed by atoms with Crippen molar-refractivity contribution in [3.05, 3.63) is 23.3 Å². The molecule has 2 N–H and O–H groups in total. The first kappa shape index (κ1) is 9.63. The second-order valence-electron chi connectivity index (χ2n) is 2.23. The Morgan fingerprint density at radius 3 is 1.62 bits per heavy atom. The summed E-state index contributed by atoms with van der Waals surface area (Å²) in [6, 6.07) is 0. The zero-order chi connectivity index (χ0) is 10.2. The molecule has 2 nitrogen and oxygen atoms in total. The summed E-state index contributed by atoms with van der Waals surface area (Å²) in [7, 11) is 1.09. The molecule has 0 radical (unpaired) electrons. The summed E-state index contributed by atoms with van der Waals surface area (Å²) in [6.07, 6.45) is 0. The Hall–Kier alpha value is -1.46. The third-order valence-electron chi connectivity index (χ3n) is 1.49. The van der Waals surface area contributed by atoms with Crippen LogP contribution in [0.1, 0.15) is 0 Å². The molecule has 1 aromatic rings. The van der Waals surface area contributed by atoms with Crippen molar-refractivity contribution in [2.75, 3.05) is 12.4 Å². The normalized spacial score (nSPS) is 10.2. The average Bonchev–Trinajstić information content (AvgIpc) is 2.13.